The number of aromatic nitrogens is 4. The average molecular weight is 745 g/mol. The number of hydrogen-bond donors (Lipinski definition) is 2. The van der Waals surface area contributed by atoms with Gasteiger partial charge in [-0.15, -0.1) is 0 Å². The molecular formula is C45H70N5O4+. The number of aryl methyl sites for hydroxylation is 1. The molecule has 12 atom stereocenters. The minimum atomic E-state index is -0.622. The zero-order chi connectivity index (χ0) is 39.4. The number of hydrogen-bond acceptors (Lipinski definition) is 6. The predicted octanol–water partition coefficient (Wildman–Crippen LogP) is 8.05. The molecule has 1 saturated heterocycles. The smallest absolute Gasteiger partial charge is 0.307 e. The molecule has 3 saturated carbocycles. The molecule has 0 amide bonds. The number of fused-ring (bicyclic) bond motifs is 3. The van der Waals surface area contributed by atoms with Gasteiger partial charge in [0.15, 0.2) is 18.2 Å². The molecule has 54 heavy (non-hydrogen) atoms. The number of carboxylic acid groups (broad SMARTS) is 1. The Morgan fingerprint density at radius 1 is 1.11 bits per heavy atom. The fraction of sp³-hybridized carbons (Fsp3) is 0.778. The maximum absolute atomic E-state index is 13.6. The topological polar surface area (TPSA) is 116 Å². The molecule has 2 aromatic heterocycles. The van der Waals surface area contributed by atoms with Crippen molar-refractivity contribution in [1.82, 2.24) is 14.8 Å². The van der Waals surface area contributed by atoms with E-state index in [0.717, 1.165) is 49.9 Å². The lowest BCUT2D eigenvalue weighted by molar-refractivity contribution is -0.671. The summed E-state index contributed by atoms with van der Waals surface area (Å²) >= 11 is 0. The number of pyridine rings is 1. The molecule has 298 valence electrons. The summed E-state index contributed by atoms with van der Waals surface area (Å²) in [4.78, 5) is 18.5. The van der Waals surface area contributed by atoms with Crippen LogP contribution in [-0.2, 0) is 21.3 Å². The molecule has 1 aliphatic heterocycles. The Balaban J connectivity index is 1.36. The molecule has 2 bridgehead atoms. The number of nitrogens with two attached hydrogens (primary N) is 1. The molecule has 9 heteroatoms. The lowest BCUT2D eigenvalue weighted by Crippen LogP contribution is -2.69. The minimum Gasteiger partial charge on any atom is -0.481 e. The number of carbonyl (C=O) groups is 1. The van der Waals surface area contributed by atoms with Crippen LogP contribution in [-0.4, -0.2) is 57.3 Å². The Kier molecular flexibility index (Phi) is 9.50. The summed E-state index contributed by atoms with van der Waals surface area (Å²) in [6.45, 7) is 26.7. The fourth-order valence-electron chi connectivity index (χ4n) is 13.0. The molecule has 4 fully saturated rings. The van der Waals surface area contributed by atoms with Gasteiger partial charge >= 0.3 is 5.97 Å². The van der Waals surface area contributed by atoms with E-state index in [4.69, 9.17) is 25.3 Å². The van der Waals surface area contributed by atoms with Crippen LogP contribution in [0.15, 0.2) is 42.5 Å². The Morgan fingerprint density at radius 3 is 2.48 bits per heavy atom. The van der Waals surface area contributed by atoms with Crippen LogP contribution in [0.2, 0.25) is 0 Å². The van der Waals surface area contributed by atoms with Gasteiger partial charge in [0.2, 0.25) is 0 Å². The first-order valence-electron chi connectivity index (χ1n) is 20.8. The molecule has 9 nitrogen and oxygen atoms in total. The fourth-order valence-corrected chi connectivity index (χ4v) is 13.0. The van der Waals surface area contributed by atoms with Crippen molar-refractivity contribution >= 4 is 5.97 Å². The predicted molar refractivity (Wildman–Crippen MR) is 211 cm³/mol. The number of aliphatic carboxylic acids is 1. The third-order valence-electron chi connectivity index (χ3n) is 17.5. The van der Waals surface area contributed by atoms with E-state index in [1.165, 1.54) is 5.57 Å². The molecule has 4 aliphatic carbocycles. The largest absolute Gasteiger partial charge is 0.481 e. The van der Waals surface area contributed by atoms with Crippen molar-refractivity contribution < 1.29 is 23.9 Å². The molecule has 0 unspecified atom stereocenters. The lowest BCUT2D eigenvalue weighted by Gasteiger charge is -2.71. The van der Waals surface area contributed by atoms with E-state index >= 15 is 0 Å². The molecule has 0 radical (unpaired) electrons. The Bertz CT molecular complexity index is 1800. The van der Waals surface area contributed by atoms with E-state index in [0.29, 0.717) is 37.6 Å². The highest BCUT2D eigenvalue weighted by Gasteiger charge is 2.72. The molecule has 3 heterocycles. The maximum Gasteiger partial charge on any atom is 0.307 e. The Hall–Kier alpha value is -2.62. The SMILES string of the molecule is CC(C)[C@@H](C)[C@@]1(C)CC[C@]2(C)[C@H]3CC[C@@H]4[C@@]5(COC[C@@]4(C)[C@@H](OC[C@](C)(N)C(C)(C)C)[C@H](n4ncnc4-c4ccc[n+](C)c4)C5)C3=CC[C@@]2(C)[C@@H]1C(=O)O. The molecular weight excluding hydrogens is 675 g/mol. The van der Waals surface area contributed by atoms with Gasteiger partial charge in [0.1, 0.15) is 13.4 Å². The molecule has 7 rings (SSSR count). The van der Waals surface area contributed by atoms with E-state index in [1.54, 1.807) is 6.33 Å². The Morgan fingerprint density at radius 2 is 1.83 bits per heavy atom. The van der Waals surface area contributed by atoms with E-state index < -0.39 is 17.4 Å². The summed E-state index contributed by atoms with van der Waals surface area (Å²) in [7, 11) is 2.04. The highest BCUT2D eigenvalue weighted by molar-refractivity contribution is 5.73. The second-order valence-electron chi connectivity index (χ2n) is 21.3. The summed E-state index contributed by atoms with van der Waals surface area (Å²) in [5, 5.41) is 16.2. The van der Waals surface area contributed by atoms with Crippen LogP contribution in [0, 0.1) is 62.1 Å². The van der Waals surface area contributed by atoms with Crippen molar-refractivity contribution in [3.05, 3.63) is 42.5 Å². The second kappa shape index (κ2) is 13.0. The highest BCUT2D eigenvalue weighted by Crippen LogP contribution is 2.75. The van der Waals surface area contributed by atoms with Crippen LogP contribution in [0.25, 0.3) is 11.4 Å². The van der Waals surface area contributed by atoms with Gasteiger partial charge in [-0.1, -0.05) is 80.9 Å². The van der Waals surface area contributed by atoms with Crippen molar-refractivity contribution in [2.75, 3.05) is 19.8 Å². The van der Waals surface area contributed by atoms with E-state index in [2.05, 4.69) is 110 Å². The standard InChI is InChI=1S/C45H69N5O4/c1-28(2)29(3)40(7)19-20-42(9)31-15-16-34-41(8)24-53-26-45(34,32(31)17-18-43(42,10)35(40)38(51)52)22-33(36(41)54-25-44(11,46)39(4,5)6)50-37(47-27-48-50)30-14-13-21-49(12)23-30/h13-14,17,21,23,27-29,31,33-36H,15-16,18-20,22,24-26,46H2,1-12H3/p+1/t29-,31+,33-,34+,35-,36+,40-,41-,42-,43+,44+,45+/m1/s1. The van der Waals surface area contributed by atoms with Crippen LogP contribution >= 0.6 is 0 Å². The second-order valence-corrected chi connectivity index (χ2v) is 21.3. The van der Waals surface area contributed by atoms with Gasteiger partial charge in [-0.05, 0) is 96.8 Å². The number of nitrogens with zero attached hydrogens (tertiary/aromatic N) is 4. The number of carboxylic acids is 1. The van der Waals surface area contributed by atoms with E-state index in [9.17, 15) is 9.90 Å². The number of allylic oxidation sites excluding steroid dienone is 1. The van der Waals surface area contributed by atoms with Crippen LogP contribution in [0.1, 0.15) is 121 Å². The van der Waals surface area contributed by atoms with Crippen molar-refractivity contribution in [3.8, 4) is 11.4 Å². The highest BCUT2D eigenvalue weighted by atomic mass is 16.5. The first-order chi connectivity index (χ1) is 25.1. The van der Waals surface area contributed by atoms with Crippen molar-refractivity contribution in [3.63, 3.8) is 0 Å². The summed E-state index contributed by atoms with van der Waals surface area (Å²) in [5.41, 5.74) is 7.52. The first-order valence-corrected chi connectivity index (χ1v) is 20.8. The monoisotopic (exact) mass is 745 g/mol. The first kappa shape index (κ1) is 39.6. The molecule has 0 spiro atoms. The average Bonchev–Trinajstić information content (AvgIpc) is 3.57. The molecule has 0 aromatic carbocycles. The van der Waals surface area contributed by atoms with Gasteiger partial charge in [0.25, 0.3) is 0 Å². The minimum absolute atomic E-state index is 0.108. The molecule has 2 aromatic rings. The van der Waals surface area contributed by atoms with Crippen molar-refractivity contribution in [2.24, 2.45) is 74.9 Å². The van der Waals surface area contributed by atoms with E-state index in [-0.39, 0.29) is 50.6 Å². The number of ether oxygens (including phenoxy) is 2. The van der Waals surface area contributed by atoms with Gasteiger partial charge in [-0.3, -0.25) is 4.79 Å². The summed E-state index contributed by atoms with van der Waals surface area (Å²) < 4.78 is 18.3. The zero-order valence-corrected chi connectivity index (χ0v) is 35.4. The summed E-state index contributed by atoms with van der Waals surface area (Å²) in [6, 6.07) is 4.06. The van der Waals surface area contributed by atoms with Crippen LogP contribution in [0.4, 0.5) is 0 Å². The van der Waals surface area contributed by atoms with Crippen molar-refractivity contribution in [2.45, 2.75) is 132 Å². The lowest BCUT2D eigenvalue weighted by atomic mass is 9.34. The molecule has 3 N–H and O–H groups in total. The van der Waals surface area contributed by atoms with Crippen LogP contribution < -0.4 is 10.3 Å². The van der Waals surface area contributed by atoms with Gasteiger partial charge in [0.05, 0.1) is 43.4 Å². The quantitative estimate of drug-likeness (QED) is 0.208. The third kappa shape index (κ3) is 5.54. The normalized spacial score (nSPS) is 40.9. The summed E-state index contributed by atoms with van der Waals surface area (Å²) in [6.07, 6.45) is 13.9. The number of rotatable bonds is 8. The van der Waals surface area contributed by atoms with Gasteiger partial charge < -0.3 is 20.3 Å². The third-order valence-corrected chi connectivity index (χ3v) is 17.5. The summed E-state index contributed by atoms with van der Waals surface area (Å²) in [5.74, 6) is 1.16. The van der Waals surface area contributed by atoms with Crippen molar-refractivity contribution in [1.29, 1.82) is 0 Å². The van der Waals surface area contributed by atoms with E-state index in [1.807, 2.05) is 13.2 Å². The van der Waals surface area contributed by atoms with Crippen LogP contribution in [0.3, 0.4) is 0 Å². The van der Waals surface area contributed by atoms with Gasteiger partial charge in [0, 0.05) is 22.4 Å². The van der Waals surface area contributed by atoms with Gasteiger partial charge in [-0.2, -0.15) is 5.10 Å². The zero-order valence-electron chi connectivity index (χ0n) is 35.4. The maximum atomic E-state index is 13.6. The Labute approximate surface area is 324 Å². The molecule has 5 aliphatic rings. The van der Waals surface area contributed by atoms with Gasteiger partial charge in [-0.25, -0.2) is 14.2 Å². The van der Waals surface area contributed by atoms with Crippen LogP contribution in [0.5, 0.6) is 0 Å².